The molecule has 6 heteroatoms. The Bertz CT molecular complexity index is 426. The minimum absolute atomic E-state index is 0.545. The van der Waals surface area contributed by atoms with Gasteiger partial charge in [0.15, 0.2) is 11.8 Å². The van der Waals surface area contributed by atoms with Gasteiger partial charge in [0.1, 0.15) is 12.9 Å². The second kappa shape index (κ2) is 12.9. The first-order valence-corrected chi connectivity index (χ1v) is 9.13. The predicted octanol–water partition coefficient (Wildman–Crippen LogP) is 3.01. The molecule has 132 valence electrons. The molecule has 0 spiro atoms. The molecule has 0 radical (unpaired) electrons. The molecule has 23 heavy (non-hydrogen) atoms. The fourth-order valence-electron chi connectivity index (χ4n) is 2.41. The Kier molecular flexibility index (Phi) is 10.9. The average molecular weight is 323 g/mol. The number of rotatable bonds is 12. The van der Waals surface area contributed by atoms with Crippen molar-refractivity contribution in [1.82, 2.24) is 25.4 Å². The lowest BCUT2D eigenvalue weighted by molar-refractivity contribution is 0.571. The lowest BCUT2D eigenvalue weighted by Gasteiger charge is -2.11. The number of aromatic nitrogens is 3. The van der Waals surface area contributed by atoms with E-state index in [1.165, 1.54) is 51.4 Å². The number of guanidine groups is 1. The van der Waals surface area contributed by atoms with E-state index in [1.807, 2.05) is 11.6 Å². The Morgan fingerprint density at radius 1 is 1.04 bits per heavy atom. The molecule has 0 aliphatic heterocycles. The lowest BCUT2D eigenvalue weighted by Crippen LogP contribution is -2.37. The second-order valence-electron chi connectivity index (χ2n) is 5.95. The van der Waals surface area contributed by atoms with Crippen molar-refractivity contribution in [3.05, 3.63) is 12.2 Å². The zero-order chi connectivity index (χ0) is 16.8. The first-order chi connectivity index (χ1) is 11.3. The number of aliphatic imine (C=N–C) groups is 1. The van der Waals surface area contributed by atoms with Crippen LogP contribution in [0.4, 0.5) is 0 Å². The molecule has 0 amide bonds. The van der Waals surface area contributed by atoms with E-state index in [2.05, 4.69) is 39.7 Å². The van der Waals surface area contributed by atoms with Crippen molar-refractivity contribution in [1.29, 1.82) is 0 Å². The molecule has 0 fully saturated rings. The number of nitrogens with one attached hydrogen (secondary N) is 2. The summed E-state index contributed by atoms with van der Waals surface area (Å²) in [5, 5.41) is 14.6. The number of unbranched alkanes of at least 4 members (excludes halogenated alkanes) is 7. The second-order valence-corrected chi connectivity index (χ2v) is 5.95. The van der Waals surface area contributed by atoms with Gasteiger partial charge in [-0.05, 0) is 13.3 Å². The third-order valence-electron chi connectivity index (χ3n) is 3.85. The molecule has 1 heterocycles. The van der Waals surface area contributed by atoms with Crippen LogP contribution in [0, 0.1) is 0 Å². The summed E-state index contributed by atoms with van der Waals surface area (Å²) in [6.07, 6.45) is 12.4. The van der Waals surface area contributed by atoms with Crippen LogP contribution in [0.2, 0.25) is 0 Å². The molecule has 1 aromatic rings. The van der Waals surface area contributed by atoms with Crippen LogP contribution in [0.1, 0.15) is 71.0 Å². The van der Waals surface area contributed by atoms with Crippen LogP contribution in [0.25, 0.3) is 0 Å². The van der Waals surface area contributed by atoms with Crippen molar-refractivity contribution in [3.63, 3.8) is 0 Å². The number of aryl methyl sites for hydroxylation is 1. The number of hydrogen-bond acceptors (Lipinski definition) is 3. The van der Waals surface area contributed by atoms with Gasteiger partial charge in [0.2, 0.25) is 0 Å². The summed E-state index contributed by atoms with van der Waals surface area (Å²) in [5.74, 6) is 1.73. The molecular weight excluding hydrogens is 288 g/mol. The highest BCUT2D eigenvalue weighted by atomic mass is 15.3. The van der Waals surface area contributed by atoms with E-state index in [9.17, 15) is 0 Å². The Hall–Kier alpha value is -1.59. The minimum atomic E-state index is 0.545. The Labute approximate surface area is 141 Å². The first kappa shape index (κ1) is 19.5. The summed E-state index contributed by atoms with van der Waals surface area (Å²) in [7, 11) is 1.94. The van der Waals surface area contributed by atoms with Crippen LogP contribution in [-0.2, 0) is 13.6 Å². The zero-order valence-corrected chi connectivity index (χ0v) is 15.1. The van der Waals surface area contributed by atoms with Gasteiger partial charge < -0.3 is 15.2 Å². The average Bonchev–Trinajstić information content (AvgIpc) is 2.96. The van der Waals surface area contributed by atoms with E-state index in [-0.39, 0.29) is 0 Å². The molecule has 0 saturated carbocycles. The van der Waals surface area contributed by atoms with E-state index in [0.29, 0.717) is 6.54 Å². The van der Waals surface area contributed by atoms with Crippen molar-refractivity contribution < 1.29 is 0 Å². The molecule has 0 saturated heterocycles. The molecule has 1 aromatic heterocycles. The van der Waals surface area contributed by atoms with Crippen molar-refractivity contribution in [2.45, 2.75) is 71.8 Å². The Morgan fingerprint density at radius 3 is 2.35 bits per heavy atom. The highest BCUT2D eigenvalue weighted by Crippen LogP contribution is 2.07. The summed E-state index contributed by atoms with van der Waals surface area (Å²) in [6.45, 7) is 6.72. The van der Waals surface area contributed by atoms with Gasteiger partial charge in [0, 0.05) is 20.1 Å². The van der Waals surface area contributed by atoms with Gasteiger partial charge in [-0.25, -0.2) is 4.99 Å². The maximum atomic E-state index is 4.56. The maximum absolute atomic E-state index is 4.56. The van der Waals surface area contributed by atoms with Crippen LogP contribution in [0.3, 0.4) is 0 Å². The standard InChI is InChI=1S/C17H34N6/c1-4-6-7-8-9-10-11-12-13-19-17(18-5-2)20-14-16-22-21-15-23(16)3/h15H,4-14H2,1-3H3,(H2,18,19,20). The highest BCUT2D eigenvalue weighted by molar-refractivity contribution is 5.79. The molecule has 2 N–H and O–H groups in total. The molecule has 0 bridgehead atoms. The zero-order valence-electron chi connectivity index (χ0n) is 15.1. The Morgan fingerprint density at radius 2 is 1.74 bits per heavy atom. The molecular formula is C17H34N6. The molecule has 0 unspecified atom stereocenters. The molecule has 0 atom stereocenters. The van der Waals surface area contributed by atoms with Gasteiger partial charge in [0.05, 0.1) is 0 Å². The van der Waals surface area contributed by atoms with E-state index in [4.69, 9.17) is 0 Å². The SMILES string of the molecule is CCCCCCCCCCNC(=NCc1nncn1C)NCC. The van der Waals surface area contributed by atoms with E-state index >= 15 is 0 Å². The molecule has 0 aliphatic rings. The van der Waals surface area contributed by atoms with Crippen LogP contribution in [0.15, 0.2) is 11.3 Å². The smallest absolute Gasteiger partial charge is 0.191 e. The largest absolute Gasteiger partial charge is 0.357 e. The van der Waals surface area contributed by atoms with Crippen LogP contribution in [-0.4, -0.2) is 33.8 Å². The van der Waals surface area contributed by atoms with Crippen molar-refractivity contribution in [2.24, 2.45) is 12.0 Å². The Balaban J connectivity index is 2.14. The predicted molar refractivity (Wildman–Crippen MR) is 96.4 cm³/mol. The molecule has 0 aromatic carbocycles. The quantitative estimate of drug-likeness (QED) is 0.353. The maximum Gasteiger partial charge on any atom is 0.191 e. The van der Waals surface area contributed by atoms with Gasteiger partial charge in [-0.15, -0.1) is 10.2 Å². The van der Waals surface area contributed by atoms with E-state index in [0.717, 1.165) is 24.9 Å². The topological polar surface area (TPSA) is 67.1 Å². The monoisotopic (exact) mass is 322 g/mol. The summed E-state index contributed by atoms with van der Waals surface area (Å²) >= 11 is 0. The van der Waals surface area contributed by atoms with Gasteiger partial charge >= 0.3 is 0 Å². The van der Waals surface area contributed by atoms with Crippen LogP contribution in [0.5, 0.6) is 0 Å². The summed E-state index contributed by atoms with van der Waals surface area (Å²) in [4.78, 5) is 4.56. The van der Waals surface area contributed by atoms with Gasteiger partial charge in [0.25, 0.3) is 0 Å². The fourth-order valence-corrected chi connectivity index (χ4v) is 2.41. The third-order valence-corrected chi connectivity index (χ3v) is 3.85. The van der Waals surface area contributed by atoms with Crippen LogP contribution >= 0.6 is 0 Å². The molecule has 1 rings (SSSR count). The van der Waals surface area contributed by atoms with Gasteiger partial charge in [-0.3, -0.25) is 0 Å². The summed E-state index contributed by atoms with van der Waals surface area (Å²) in [5.41, 5.74) is 0. The normalized spacial score (nSPS) is 11.7. The third kappa shape index (κ3) is 9.21. The summed E-state index contributed by atoms with van der Waals surface area (Å²) < 4.78 is 1.89. The van der Waals surface area contributed by atoms with Crippen molar-refractivity contribution in [2.75, 3.05) is 13.1 Å². The molecule has 6 nitrogen and oxygen atoms in total. The number of hydrogen-bond donors (Lipinski definition) is 2. The van der Waals surface area contributed by atoms with Crippen LogP contribution < -0.4 is 10.6 Å². The lowest BCUT2D eigenvalue weighted by atomic mass is 10.1. The fraction of sp³-hybridized carbons (Fsp3) is 0.824. The number of nitrogens with zero attached hydrogens (tertiary/aromatic N) is 4. The minimum Gasteiger partial charge on any atom is -0.357 e. The van der Waals surface area contributed by atoms with Crippen molar-refractivity contribution >= 4 is 5.96 Å². The summed E-state index contributed by atoms with van der Waals surface area (Å²) in [6, 6.07) is 0. The first-order valence-electron chi connectivity index (χ1n) is 9.13. The van der Waals surface area contributed by atoms with Gasteiger partial charge in [-0.1, -0.05) is 51.9 Å². The van der Waals surface area contributed by atoms with E-state index < -0.39 is 0 Å². The van der Waals surface area contributed by atoms with Gasteiger partial charge in [-0.2, -0.15) is 0 Å². The van der Waals surface area contributed by atoms with Crippen molar-refractivity contribution in [3.8, 4) is 0 Å². The molecule has 0 aliphatic carbocycles. The van der Waals surface area contributed by atoms with E-state index in [1.54, 1.807) is 6.33 Å². The highest BCUT2D eigenvalue weighted by Gasteiger charge is 2.01.